The predicted octanol–water partition coefficient (Wildman–Crippen LogP) is 3.42. The lowest BCUT2D eigenvalue weighted by molar-refractivity contribution is -0.124. The average Bonchev–Trinajstić information content (AvgIpc) is 3.57. The topological polar surface area (TPSA) is 141 Å². The number of rotatable bonds is 9. The summed E-state index contributed by atoms with van der Waals surface area (Å²) in [6, 6.07) is 21.1. The molecule has 0 saturated carbocycles. The number of amides is 2. The number of anilines is 1. The molecule has 0 saturated heterocycles. The molecule has 0 aliphatic rings. The third kappa shape index (κ3) is 6.13. The molecule has 2 aromatic heterocycles. The number of fused-ring (bicyclic) bond motifs is 1. The van der Waals surface area contributed by atoms with Crippen LogP contribution in [0, 0.1) is 0 Å². The summed E-state index contributed by atoms with van der Waals surface area (Å²) in [5.74, 6) is -0.767. The lowest BCUT2D eigenvalue weighted by Gasteiger charge is -2.23. The Bertz CT molecular complexity index is 1560. The fourth-order valence-electron chi connectivity index (χ4n) is 4.06. The van der Waals surface area contributed by atoms with Crippen LogP contribution in [0.5, 0.6) is 0 Å². The van der Waals surface area contributed by atoms with Crippen LogP contribution in [-0.4, -0.2) is 43.0 Å². The van der Waals surface area contributed by atoms with E-state index in [2.05, 4.69) is 31.1 Å². The highest BCUT2D eigenvalue weighted by molar-refractivity contribution is 7.22. The second-order valence-corrected chi connectivity index (χ2v) is 10.1. The molecule has 3 aromatic carbocycles. The molecule has 2 heterocycles. The Morgan fingerprint density at radius 3 is 2.55 bits per heavy atom. The number of carbonyl (C=O) groups is 2. The van der Waals surface area contributed by atoms with Gasteiger partial charge in [0.25, 0.3) is 5.91 Å². The summed E-state index contributed by atoms with van der Waals surface area (Å²) in [5, 5.41) is 18.3. The summed E-state index contributed by atoms with van der Waals surface area (Å²) < 4.78 is 2.25. The first-order valence-corrected chi connectivity index (χ1v) is 12.9. The van der Waals surface area contributed by atoms with Crippen molar-refractivity contribution < 1.29 is 9.59 Å². The van der Waals surface area contributed by atoms with Gasteiger partial charge >= 0.3 is 0 Å². The molecular weight excluding hydrogens is 524 g/mol. The zero-order valence-corrected chi connectivity index (χ0v) is 21.6. The molecule has 0 aliphatic heterocycles. The van der Waals surface area contributed by atoms with Crippen molar-refractivity contribution >= 4 is 50.1 Å². The molecular formula is C26H23ClN8O2S. The lowest BCUT2D eigenvalue weighted by Crippen LogP contribution is -2.50. The lowest BCUT2D eigenvalue weighted by atomic mass is 10.0. The van der Waals surface area contributed by atoms with Crippen molar-refractivity contribution in [1.29, 1.82) is 0 Å². The van der Waals surface area contributed by atoms with Crippen molar-refractivity contribution in [2.45, 2.75) is 25.0 Å². The predicted molar refractivity (Wildman–Crippen MR) is 146 cm³/mol. The number of benzene rings is 3. The second-order valence-electron chi connectivity index (χ2n) is 8.60. The number of tetrazole rings is 1. The van der Waals surface area contributed by atoms with Crippen LogP contribution in [0.4, 0.5) is 5.13 Å². The molecule has 2 unspecified atom stereocenters. The van der Waals surface area contributed by atoms with Crippen molar-refractivity contribution in [2.75, 3.05) is 5.73 Å². The van der Waals surface area contributed by atoms with E-state index in [1.54, 1.807) is 24.3 Å². The highest BCUT2D eigenvalue weighted by atomic mass is 35.5. The number of carbonyl (C=O) groups excluding carboxylic acids is 2. The number of nitrogens with one attached hydrogen (secondary N) is 2. The third-order valence-corrected chi connectivity index (χ3v) is 6.97. The SMILES string of the molecule is Nc1nc2ccc(C(=O)NC(Cc3ccccc3)C(=O)NC(Cc3cccc(Cl)c3)n3cnnn3)cc2s1. The molecule has 2 atom stereocenters. The van der Waals surface area contributed by atoms with Gasteiger partial charge in [0.05, 0.1) is 10.2 Å². The zero-order chi connectivity index (χ0) is 26.5. The molecule has 0 aliphatic carbocycles. The monoisotopic (exact) mass is 546 g/mol. The Morgan fingerprint density at radius 1 is 0.974 bits per heavy atom. The van der Waals surface area contributed by atoms with Crippen LogP contribution >= 0.6 is 22.9 Å². The normalized spacial score (nSPS) is 12.7. The first kappa shape index (κ1) is 25.3. The minimum atomic E-state index is -0.870. The summed E-state index contributed by atoms with van der Waals surface area (Å²) in [6.45, 7) is 0. The summed E-state index contributed by atoms with van der Waals surface area (Å²) in [7, 11) is 0. The van der Waals surface area contributed by atoms with E-state index in [1.807, 2.05) is 48.5 Å². The molecule has 0 bridgehead atoms. The van der Waals surface area contributed by atoms with Crippen molar-refractivity contribution in [2.24, 2.45) is 0 Å². The molecule has 2 amide bonds. The number of nitrogens with zero attached hydrogens (tertiary/aromatic N) is 5. The van der Waals surface area contributed by atoms with E-state index >= 15 is 0 Å². The van der Waals surface area contributed by atoms with Crippen molar-refractivity contribution in [3.05, 3.63) is 101 Å². The zero-order valence-electron chi connectivity index (χ0n) is 20.0. The molecule has 192 valence electrons. The summed E-state index contributed by atoms with van der Waals surface area (Å²) in [5.41, 5.74) is 8.71. The molecule has 0 spiro atoms. The minimum absolute atomic E-state index is 0.285. The standard InChI is InChI=1S/C26H23ClN8O2S/c27-19-8-4-7-17(11-19)13-23(35-15-29-33-34-35)32-25(37)21(12-16-5-2-1-3-6-16)30-24(36)18-9-10-20-22(14-18)38-26(28)31-20/h1-11,14-15,21,23H,12-13H2,(H2,28,31)(H,30,36)(H,32,37). The van der Waals surface area contributed by atoms with E-state index in [4.69, 9.17) is 17.3 Å². The van der Waals surface area contributed by atoms with Gasteiger partial charge in [-0.1, -0.05) is 65.4 Å². The maximum absolute atomic E-state index is 13.6. The van der Waals surface area contributed by atoms with Crippen LogP contribution in [0.25, 0.3) is 10.2 Å². The van der Waals surface area contributed by atoms with E-state index in [0.29, 0.717) is 27.7 Å². The van der Waals surface area contributed by atoms with Crippen molar-refractivity contribution in [1.82, 2.24) is 35.8 Å². The van der Waals surface area contributed by atoms with Crippen LogP contribution < -0.4 is 16.4 Å². The van der Waals surface area contributed by atoms with Gasteiger partial charge in [0, 0.05) is 23.4 Å². The third-order valence-electron chi connectivity index (χ3n) is 5.88. The molecule has 12 heteroatoms. The fraction of sp³-hybridized carbons (Fsp3) is 0.154. The van der Waals surface area contributed by atoms with Crippen LogP contribution in [0.3, 0.4) is 0 Å². The van der Waals surface area contributed by atoms with Gasteiger partial charge in [0.2, 0.25) is 5.91 Å². The molecule has 38 heavy (non-hydrogen) atoms. The smallest absolute Gasteiger partial charge is 0.251 e. The van der Waals surface area contributed by atoms with Crippen LogP contribution in [0.2, 0.25) is 5.02 Å². The quantitative estimate of drug-likeness (QED) is 0.257. The van der Waals surface area contributed by atoms with Gasteiger partial charge in [-0.2, -0.15) is 0 Å². The van der Waals surface area contributed by atoms with Gasteiger partial charge in [-0.25, -0.2) is 9.67 Å². The Balaban J connectivity index is 1.39. The summed E-state index contributed by atoms with van der Waals surface area (Å²) in [4.78, 5) is 31.1. The Hall–Kier alpha value is -4.35. The number of halogens is 1. The fourth-order valence-corrected chi connectivity index (χ4v) is 5.04. The van der Waals surface area contributed by atoms with Gasteiger partial charge < -0.3 is 16.4 Å². The molecule has 0 radical (unpaired) electrons. The summed E-state index contributed by atoms with van der Waals surface area (Å²) in [6.07, 6.45) is 1.49. The minimum Gasteiger partial charge on any atom is -0.375 e. The number of hydrogen-bond acceptors (Lipinski definition) is 8. The maximum atomic E-state index is 13.6. The summed E-state index contributed by atoms with van der Waals surface area (Å²) >= 11 is 7.46. The molecule has 0 fully saturated rings. The Labute approximate surface area is 226 Å². The van der Waals surface area contributed by atoms with Crippen LogP contribution in [0.15, 0.2) is 79.1 Å². The number of nitrogens with two attached hydrogens (primary N) is 1. The first-order valence-electron chi connectivity index (χ1n) is 11.7. The first-order chi connectivity index (χ1) is 18.4. The van der Waals surface area contributed by atoms with Crippen LogP contribution in [0.1, 0.15) is 27.7 Å². The molecule has 10 nitrogen and oxygen atoms in total. The molecule has 4 N–H and O–H groups in total. The van der Waals surface area contributed by atoms with E-state index in [0.717, 1.165) is 15.8 Å². The van der Waals surface area contributed by atoms with E-state index < -0.39 is 12.2 Å². The van der Waals surface area contributed by atoms with Gasteiger partial charge in [-0.3, -0.25) is 9.59 Å². The van der Waals surface area contributed by atoms with Gasteiger partial charge in [0.1, 0.15) is 18.5 Å². The number of thiazole rings is 1. The average molecular weight is 547 g/mol. The van der Waals surface area contributed by atoms with Crippen molar-refractivity contribution in [3.8, 4) is 0 Å². The number of nitrogen functional groups attached to an aromatic ring is 1. The number of aromatic nitrogens is 5. The largest absolute Gasteiger partial charge is 0.375 e. The maximum Gasteiger partial charge on any atom is 0.251 e. The van der Waals surface area contributed by atoms with E-state index in [1.165, 1.54) is 22.3 Å². The second kappa shape index (κ2) is 11.4. The Morgan fingerprint density at radius 2 is 1.79 bits per heavy atom. The highest BCUT2D eigenvalue weighted by Gasteiger charge is 2.26. The van der Waals surface area contributed by atoms with Crippen molar-refractivity contribution in [3.63, 3.8) is 0 Å². The number of hydrogen-bond donors (Lipinski definition) is 3. The highest BCUT2D eigenvalue weighted by Crippen LogP contribution is 2.24. The Kier molecular flexibility index (Phi) is 7.57. The molecule has 5 aromatic rings. The van der Waals surface area contributed by atoms with Crippen LogP contribution in [-0.2, 0) is 17.6 Å². The van der Waals surface area contributed by atoms with Gasteiger partial charge in [0.15, 0.2) is 5.13 Å². The van der Waals surface area contributed by atoms with E-state index in [9.17, 15) is 9.59 Å². The van der Waals surface area contributed by atoms with E-state index in [-0.39, 0.29) is 18.2 Å². The van der Waals surface area contributed by atoms with Gasteiger partial charge in [-0.15, -0.1) is 5.10 Å². The molecule has 5 rings (SSSR count). The van der Waals surface area contributed by atoms with Gasteiger partial charge in [-0.05, 0) is 51.9 Å².